The van der Waals surface area contributed by atoms with Crippen LogP contribution in [0.15, 0.2) is 54.6 Å². The van der Waals surface area contributed by atoms with Gasteiger partial charge in [0.05, 0.1) is 18.6 Å². The van der Waals surface area contributed by atoms with E-state index in [4.69, 9.17) is 9.47 Å². The van der Waals surface area contributed by atoms with E-state index in [0.29, 0.717) is 5.56 Å². The molecule has 0 heterocycles. The van der Waals surface area contributed by atoms with Gasteiger partial charge in [-0.2, -0.15) is 13.2 Å². The van der Waals surface area contributed by atoms with Crippen LogP contribution in [0, 0.1) is 0 Å². The van der Waals surface area contributed by atoms with Crippen LogP contribution in [-0.4, -0.2) is 23.7 Å². The van der Waals surface area contributed by atoms with E-state index in [0.717, 1.165) is 24.3 Å². The van der Waals surface area contributed by atoms with Gasteiger partial charge < -0.3 is 14.6 Å². The van der Waals surface area contributed by atoms with E-state index in [2.05, 4.69) is 0 Å². The quantitative estimate of drug-likeness (QED) is 0.724. The molecule has 0 aromatic heterocycles. The molecule has 0 aliphatic heterocycles. The van der Waals surface area contributed by atoms with Crippen LogP contribution in [0.1, 0.15) is 30.0 Å². The molecule has 0 spiro atoms. The molecule has 0 aliphatic carbocycles. The van der Waals surface area contributed by atoms with Gasteiger partial charge in [-0.3, -0.25) is 4.79 Å². The molecule has 1 atom stereocenters. The van der Waals surface area contributed by atoms with E-state index in [9.17, 15) is 27.9 Å². The van der Waals surface area contributed by atoms with Crippen LogP contribution in [0.5, 0.6) is 0 Å². The van der Waals surface area contributed by atoms with E-state index in [-0.39, 0.29) is 18.8 Å². The summed E-state index contributed by atoms with van der Waals surface area (Å²) in [5, 5.41) is 10.8. The van der Waals surface area contributed by atoms with Crippen molar-refractivity contribution in [1.82, 2.24) is 0 Å². The Morgan fingerprint density at radius 3 is 2.04 bits per heavy atom. The number of benzene rings is 2. The second-order valence-electron chi connectivity index (χ2n) is 5.98. The Morgan fingerprint density at radius 2 is 1.50 bits per heavy atom. The van der Waals surface area contributed by atoms with E-state index in [1.54, 1.807) is 30.3 Å². The number of hydrogen-bond donors (Lipinski definition) is 1. The number of halogens is 3. The fourth-order valence-electron chi connectivity index (χ4n) is 2.48. The Hall–Kier alpha value is -2.87. The van der Waals surface area contributed by atoms with Gasteiger partial charge in [0.2, 0.25) is 0 Å². The van der Waals surface area contributed by atoms with Gasteiger partial charge in [-0.05, 0) is 30.2 Å². The third kappa shape index (κ3) is 5.32. The van der Waals surface area contributed by atoms with E-state index < -0.39 is 35.7 Å². The summed E-state index contributed by atoms with van der Waals surface area (Å²) in [7, 11) is 0. The van der Waals surface area contributed by atoms with Crippen LogP contribution < -0.4 is 0 Å². The lowest BCUT2D eigenvalue weighted by atomic mass is 9.89. The molecule has 0 aliphatic rings. The van der Waals surface area contributed by atoms with E-state index >= 15 is 0 Å². The van der Waals surface area contributed by atoms with Gasteiger partial charge in [0.25, 0.3) is 0 Å². The fraction of sp³-hybridized carbons (Fsp3) is 0.300. The lowest BCUT2D eigenvalue weighted by Crippen LogP contribution is -2.40. The summed E-state index contributed by atoms with van der Waals surface area (Å²) in [6.45, 7) is 1.34. The minimum Gasteiger partial charge on any atom is -0.464 e. The van der Waals surface area contributed by atoms with Gasteiger partial charge in [0.1, 0.15) is 6.61 Å². The summed E-state index contributed by atoms with van der Waals surface area (Å²) in [6, 6.07) is 12.0. The summed E-state index contributed by atoms with van der Waals surface area (Å²) in [6.07, 6.45) is -5.38. The Morgan fingerprint density at radius 1 is 0.929 bits per heavy atom. The van der Waals surface area contributed by atoms with Crippen LogP contribution in [-0.2, 0) is 37.4 Å². The monoisotopic (exact) mass is 396 g/mol. The summed E-state index contributed by atoms with van der Waals surface area (Å²) in [5.41, 5.74) is -2.91. The van der Waals surface area contributed by atoms with Gasteiger partial charge in [-0.25, -0.2) is 4.79 Å². The van der Waals surface area contributed by atoms with Crippen molar-refractivity contribution in [2.45, 2.75) is 31.7 Å². The minimum atomic E-state index is -4.57. The number of esters is 2. The van der Waals surface area contributed by atoms with Crippen LogP contribution in [0.25, 0.3) is 0 Å². The third-order valence-electron chi connectivity index (χ3n) is 3.95. The van der Waals surface area contributed by atoms with Crippen LogP contribution in [0.3, 0.4) is 0 Å². The first-order chi connectivity index (χ1) is 13.2. The van der Waals surface area contributed by atoms with Crippen molar-refractivity contribution >= 4 is 11.9 Å². The van der Waals surface area contributed by atoms with Gasteiger partial charge in [-0.15, -0.1) is 0 Å². The number of aliphatic hydroxyl groups is 1. The van der Waals surface area contributed by atoms with Crippen molar-refractivity contribution in [3.8, 4) is 0 Å². The van der Waals surface area contributed by atoms with E-state index in [1.807, 2.05) is 0 Å². The summed E-state index contributed by atoms with van der Waals surface area (Å²) in [5.74, 6) is -2.05. The van der Waals surface area contributed by atoms with Crippen molar-refractivity contribution < 1.29 is 37.3 Å². The molecule has 0 amide bonds. The fourth-order valence-corrected chi connectivity index (χ4v) is 2.48. The van der Waals surface area contributed by atoms with Crippen molar-refractivity contribution in [3.63, 3.8) is 0 Å². The second-order valence-corrected chi connectivity index (χ2v) is 5.98. The van der Waals surface area contributed by atoms with Crippen molar-refractivity contribution in [2.75, 3.05) is 6.61 Å². The zero-order valence-electron chi connectivity index (χ0n) is 15.0. The molecule has 2 rings (SSSR count). The minimum absolute atomic E-state index is 0.0778. The maximum absolute atomic E-state index is 12.7. The average molecular weight is 396 g/mol. The molecule has 0 bridgehead atoms. The lowest BCUT2D eigenvalue weighted by Gasteiger charge is -2.25. The summed E-state index contributed by atoms with van der Waals surface area (Å²) < 4.78 is 48.1. The largest absolute Gasteiger partial charge is 0.464 e. The van der Waals surface area contributed by atoms with Gasteiger partial charge >= 0.3 is 18.1 Å². The number of ether oxygens (including phenoxy) is 2. The molecule has 0 fully saturated rings. The molecular weight excluding hydrogens is 377 g/mol. The smallest absolute Gasteiger partial charge is 0.416 e. The summed E-state index contributed by atoms with van der Waals surface area (Å²) in [4.78, 5) is 24.4. The normalized spacial score (nSPS) is 13.5. The Bertz CT molecular complexity index is 803. The Kier molecular flexibility index (Phi) is 6.80. The average Bonchev–Trinajstić information content (AvgIpc) is 2.66. The molecule has 5 nitrogen and oxygen atoms in total. The topological polar surface area (TPSA) is 72.8 Å². The van der Waals surface area contributed by atoms with Crippen molar-refractivity contribution in [2.24, 2.45) is 0 Å². The molecule has 0 unspecified atom stereocenters. The molecule has 2 aromatic rings. The highest BCUT2D eigenvalue weighted by molar-refractivity contribution is 5.87. The molecule has 0 radical (unpaired) electrons. The number of carbonyl (C=O) groups is 2. The molecule has 8 heteroatoms. The number of alkyl halides is 3. The van der Waals surface area contributed by atoms with Crippen LogP contribution >= 0.6 is 0 Å². The maximum Gasteiger partial charge on any atom is 0.416 e. The first-order valence-corrected chi connectivity index (χ1v) is 8.43. The highest BCUT2D eigenvalue weighted by Crippen LogP contribution is 2.33. The zero-order chi connectivity index (χ0) is 20.8. The first kappa shape index (κ1) is 21.4. The molecule has 1 N–H and O–H groups in total. The third-order valence-corrected chi connectivity index (χ3v) is 3.95. The molecule has 2 aromatic carbocycles. The molecule has 150 valence electrons. The maximum atomic E-state index is 12.7. The van der Waals surface area contributed by atoms with Crippen molar-refractivity contribution in [1.29, 1.82) is 0 Å². The Balaban J connectivity index is 2.20. The van der Waals surface area contributed by atoms with Crippen LogP contribution in [0.4, 0.5) is 13.2 Å². The first-order valence-electron chi connectivity index (χ1n) is 8.43. The summed E-state index contributed by atoms with van der Waals surface area (Å²) >= 11 is 0. The van der Waals surface area contributed by atoms with Crippen LogP contribution in [0.2, 0.25) is 0 Å². The number of rotatable bonds is 7. The molecule has 28 heavy (non-hydrogen) atoms. The highest BCUT2D eigenvalue weighted by Gasteiger charge is 2.43. The lowest BCUT2D eigenvalue weighted by molar-refractivity contribution is -0.174. The van der Waals surface area contributed by atoms with Gasteiger partial charge in [0, 0.05) is 0 Å². The predicted octanol–water partition coefficient (Wildman–Crippen LogP) is 3.59. The molecule has 0 saturated heterocycles. The predicted molar refractivity (Wildman–Crippen MR) is 92.8 cm³/mol. The molecular formula is C20H19F3O5. The SMILES string of the molecule is CCOC(=O)[C@](O)(CC(=O)OCc1ccccc1)c1ccc(C(F)(F)F)cc1. The molecule has 0 saturated carbocycles. The van der Waals surface area contributed by atoms with Crippen molar-refractivity contribution in [3.05, 3.63) is 71.3 Å². The number of carbonyl (C=O) groups excluding carboxylic acids is 2. The number of hydrogen-bond acceptors (Lipinski definition) is 5. The Labute approximate surface area is 159 Å². The van der Waals surface area contributed by atoms with Gasteiger partial charge in [0.15, 0.2) is 5.60 Å². The standard InChI is InChI=1S/C20H19F3O5/c1-2-27-18(25)19(26,15-8-10-16(11-9-15)20(21,22)23)12-17(24)28-13-14-6-4-3-5-7-14/h3-11,26H,2,12-13H2,1H3/t19-/m0/s1. The van der Waals surface area contributed by atoms with Gasteiger partial charge in [-0.1, -0.05) is 42.5 Å². The van der Waals surface area contributed by atoms with E-state index in [1.165, 1.54) is 6.92 Å². The zero-order valence-corrected chi connectivity index (χ0v) is 15.0. The second kappa shape index (κ2) is 8.88. The highest BCUT2D eigenvalue weighted by atomic mass is 19.4.